The Morgan fingerprint density at radius 2 is 2.22 bits per heavy atom. The van der Waals surface area contributed by atoms with Crippen molar-refractivity contribution in [1.29, 1.82) is 0 Å². The van der Waals surface area contributed by atoms with Gasteiger partial charge in [-0.05, 0) is 26.7 Å². The van der Waals surface area contributed by atoms with Gasteiger partial charge in [-0.15, -0.1) is 0 Å². The molecule has 18 heavy (non-hydrogen) atoms. The van der Waals surface area contributed by atoms with Crippen LogP contribution >= 0.6 is 0 Å². The van der Waals surface area contributed by atoms with E-state index < -0.39 is 23.8 Å². The van der Waals surface area contributed by atoms with E-state index in [0.29, 0.717) is 24.6 Å². The Bertz CT molecular complexity index is 442. The zero-order valence-corrected chi connectivity index (χ0v) is 10.5. The third-order valence-electron chi connectivity index (χ3n) is 3.06. The molecule has 1 N–H and O–H groups in total. The molecule has 7 nitrogen and oxygen atoms in total. The van der Waals surface area contributed by atoms with E-state index in [1.54, 1.807) is 7.11 Å². The summed E-state index contributed by atoms with van der Waals surface area (Å²) in [5.41, 5.74) is -0.646. The summed E-state index contributed by atoms with van der Waals surface area (Å²) in [6.07, 6.45) is -0.224. The summed E-state index contributed by atoms with van der Waals surface area (Å²) in [4.78, 5) is 15.0. The molecule has 0 bridgehead atoms. The lowest BCUT2D eigenvalue weighted by Gasteiger charge is -2.17. The highest BCUT2D eigenvalue weighted by atomic mass is 16.6. The van der Waals surface area contributed by atoms with Gasteiger partial charge in [-0.1, -0.05) is 5.16 Å². The summed E-state index contributed by atoms with van der Waals surface area (Å²) in [6, 6.07) is 0. The maximum Gasteiger partial charge on any atom is 0.332 e. The second kappa shape index (κ2) is 4.66. The molecule has 100 valence electrons. The second-order valence-electron chi connectivity index (χ2n) is 4.70. The van der Waals surface area contributed by atoms with Crippen LogP contribution in [0.3, 0.4) is 0 Å². The van der Waals surface area contributed by atoms with Crippen LogP contribution in [0.15, 0.2) is 4.52 Å². The molecule has 2 unspecified atom stereocenters. The molecule has 7 heteroatoms. The molecule has 1 aliphatic rings. The first-order valence-electron chi connectivity index (χ1n) is 5.71. The van der Waals surface area contributed by atoms with Gasteiger partial charge < -0.3 is 19.1 Å². The van der Waals surface area contributed by atoms with Crippen molar-refractivity contribution in [2.45, 2.75) is 44.5 Å². The van der Waals surface area contributed by atoms with Crippen LogP contribution in [0.25, 0.3) is 0 Å². The number of carbonyl (C=O) groups is 1. The maximum atomic E-state index is 10.8. The van der Waals surface area contributed by atoms with Crippen LogP contribution in [-0.2, 0) is 19.9 Å². The van der Waals surface area contributed by atoms with Gasteiger partial charge in [0.1, 0.15) is 11.7 Å². The average molecular weight is 256 g/mol. The number of carboxylic acid groups (broad SMARTS) is 1. The molecule has 0 aliphatic carbocycles. The molecule has 0 amide bonds. The fraction of sp³-hybridized carbons (Fsp3) is 0.727. The first kappa shape index (κ1) is 13.0. The Balaban J connectivity index is 2.10. The third kappa shape index (κ3) is 2.37. The number of aliphatic carboxylic acids is 1. The summed E-state index contributed by atoms with van der Waals surface area (Å²) < 4.78 is 15.7. The van der Waals surface area contributed by atoms with Gasteiger partial charge in [0.05, 0.1) is 0 Å². The molecule has 0 saturated carbocycles. The number of hydrogen-bond acceptors (Lipinski definition) is 6. The van der Waals surface area contributed by atoms with Gasteiger partial charge >= 0.3 is 5.97 Å². The van der Waals surface area contributed by atoms with Crippen LogP contribution in [0.5, 0.6) is 0 Å². The van der Waals surface area contributed by atoms with Crippen LogP contribution in [-0.4, -0.2) is 34.4 Å². The van der Waals surface area contributed by atoms with E-state index in [0.717, 1.165) is 0 Å². The molecule has 2 rings (SSSR count). The zero-order chi connectivity index (χ0) is 13.3. The Morgan fingerprint density at radius 3 is 2.78 bits per heavy atom. The van der Waals surface area contributed by atoms with Gasteiger partial charge in [-0.3, -0.25) is 0 Å². The molecule has 2 heterocycles. The number of aromatic nitrogens is 2. The average Bonchev–Trinajstić information content (AvgIpc) is 2.97. The van der Waals surface area contributed by atoms with Gasteiger partial charge in [0.15, 0.2) is 6.10 Å². The van der Waals surface area contributed by atoms with Gasteiger partial charge in [0, 0.05) is 7.11 Å². The van der Waals surface area contributed by atoms with Crippen molar-refractivity contribution in [3.8, 4) is 0 Å². The third-order valence-corrected chi connectivity index (χ3v) is 3.06. The van der Waals surface area contributed by atoms with Crippen molar-refractivity contribution in [3.05, 3.63) is 11.7 Å². The van der Waals surface area contributed by atoms with Crippen LogP contribution < -0.4 is 0 Å². The number of methoxy groups -OCH3 is 1. The van der Waals surface area contributed by atoms with E-state index in [1.807, 2.05) is 13.8 Å². The van der Waals surface area contributed by atoms with E-state index >= 15 is 0 Å². The Labute approximate surface area is 104 Å². The predicted octanol–water partition coefficient (Wildman–Crippen LogP) is 1.26. The SMILES string of the molecule is COC(C)(C)c1noc(C2CCC(C(=O)O)O2)n1. The van der Waals surface area contributed by atoms with Gasteiger partial charge in [0.25, 0.3) is 5.89 Å². The highest BCUT2D eigenvalue weighted by Crippen LogP contribution is 2.33. The quantitative estimate of drug-likeness (QED) is 0.866. The fourth-order valence-electron chi connectivity index (χ4n) is 1.70. The first-order chi connectivity index (χ1) is 8.44. The minimum atomic E-state index is -0.963. The monoisotopic (exact) mass is 256 g/mol. The van der Waals surface area contributed by atoms with Crippen molar-refractivity contribution >= 4 is 5.97 Å². The van der Waals surface area contributed by atoms with Crippen LogP contribution in [0, 0.1) is 0 Å². The zero-order valence-electron chi connectivity index (χ0n) is 10.5. The van der Waals surface area contributed by atoms with Crippen LogP contribution in [0.1, 0.15) is 44.5 Å². The molecule has 1 saturated heterocycles. The first-order valence-corrected chi connectivity index (χ1v) is 5.71. The topological polar surface area (TPSA) is 94.7 Å². The van der Waals surface area contributed by atoms with Crippen molar-refractivity contribution in [2.24, 2.45) is 0 Å². The molecule has 1 aliphatic heterocycles. The number of ether oxygens (including phenoxy) is 2. The summed E-state index contributed by atoms with van der Waals surface area (Å²) in [5, 5.41) is 12.7. The molecule has 0 spiro atoms. The van der Waals surface area contributed by atoms with Crippen LogP contribution in [0.2, 0.25) is 0 Å². The highest BCUT2D eigenvalue weighted by Gasteiger charge is 2.36. The summed E-state index contributed by atoms with van der Waals surface area (Å²) in [5.74, 6) is -0.240. The lowest BCUT2D eigenvalue weighted by Crippen LogP contribution is -2.21. The predicted molar refractivity (Wildman–Crippen MR) is 58.8 cm³/mol. The number of nitrogens with zero attached hydrogens (tertiary/aromatic N) is 2. The molecular weight excluding hydrogens is 240 g/mol. The summed E-state index contributed by atoms with van der Waals surface area (Å²) >= 11 is 0. The number of hydrogen-bond donors (Lipinski definition) is 1. The van der Waals surface area contributed by atoms with Gasteiger partial charge in [-0.25, -0.2) is 4.79 Å². The van der Waals surface area contributed by atoms with E-state index in [9.17, 15) is 4.79 Å². The van der Waals surface area contributed by atoms with E-state index in [1.165, 1.54) is 0 Å². The van der Waals surface area contributed by atoms with Gasteiger partial charge in [-0.2, -0.15) is 4.98 Å². The van der Waals surface area contributed by atoms with Crippen molar-refractivity contribution < 1.29 is 23.9 Å². The standard InChI is InChI=1S/C11H16N2O5/c1-11(2,16-3)10-12-8(18-13-10)6-4-5-7(17-6)9(14)15/h6-7H,4-5H2,1-3H3,(H,14,15). The van der Waals surface area contributed by atoms with E-state index in [4.69, 9.17) is 19.1 Å². The summed E-state index contributed by atoms with van der Waals surface area (Å²) in [6.45, 7) is 3.63. The van der Waals surface area contributed by atoms with Crippen molar-refractivity contribution in [1.82, 2.24) is 10.1 Å². The molecular formula is C11H16N2O5. The highest BCUT2D eigenvalue weighted by molar-refractivity contribution is 5.72. The van der Waals surface area contributed by atoms with Crippen molar-refractivity contribution in [2.75, 3.05) is 7.11 Å². The van der Waals surface area contributed by atoms with Crippen LogP contribution in [0.4, 0.5) is 0 Å². The van der Waals surface area contributed by atoms with Gasteiger partial charge in [0.2, 0.25) is 5.82 Å². The number of rotatable bonds is 4. The van der Waals surface area contributed by atoms with E-state index in [2.05, 4.69) is 10.1 Å². The molecule has 0 aromatic carbocycles. The minimum absolute atomic E-state index is 0.305. The minimum Gasteiger partial charge on any atom is -0.479 e. The molecule has 0 radical (unpaired) electrons. The Hall–Kier alpha value is -1.47. The second-order valence-corrected chi connectivity index (χ2v) is 4.70. The molecule has 1 aromatic rings. The molecule has 2 atom stereocenters. The lowest BCUT2D eigenvalue weighted by molar-refractivity contribution is -0.150. The normalized spacial score (nSPS) is 24.4. The maximum absolute atomic E-state index is 10.8. The lowest BCUT2D eigenvalue weighted by atomic mass is 10.1. The molecule has 1 fully saturated rings. The van der Waals surface area contributed by atoms with Crippen molar-refractivity contribution in [3.63, 3.8) is 0 Å². The number of carboxylic acids is 1. The summed E-state index contributed by atoms with van der Waals surface area (Å²) in [7, 11) is 1.56. The fourth-order valence-corrected chi connectivity index (χ4v) is 1.70. The Morgan fingerprint density at radius 1 is 1.50 bits per heavy atom. The smallest absolute Gasteiger partial charge is 0.332 e. The van der Waals surface area contributed by atoms with E-state index in [-0.39, 0.29) is 0 Å². The molecule has 1 aromatic heterocycles. The largest absolute Gasteiger partial charge is 0.479 e. The Kier molecular flexibility index (Phi) is 3.36.